The molecule has 4 N–H and O–H groups in total. The van der Waals surface area contributed by atoms with Crippen LogP contribution in [0.2, 0.25) is 0 Å². The van der Waals surface area contributed by atoms with Gasteiger partial charge in [-0.25, -0.2) is 14.0 Å². The van der Waals surface area contributed by atoms with Crippen LogP contribution in [0.5, 0.6) is 0 Å². The molecular weight excluding hydrogens is 271 g/mol. The molecule has 0 saturated heterocycles. The molecule has 8 heteroatoms. The molecule has 1 atom stereocenters. The molecule has 0 saturated carbocycles. The summed E-state index contributed by atoms with van der Waals surface area (Å²) in [6.07, 6.45) is -0.759. The molecular formula is C12H13FN2O5. The van der Waals surface area contributed by atoms with Gasteiger partial charge < -0.3 is 20.8 Å². The fourth-order valence-electron chi connectivity index (χ4n) is 1.37. The zero-order valence-electron chi connectivity index (χ0n) is 10.5. The van der Waals surface area contributed by atoms with E-state index in [1.165, 1.54) is 12.1 Å². The first-order valence-corrected chi connectivity index (χ1v) is 5.58. The van der Waals surface area contributed by atoms with E-state index in [0.717, 1.165) is 6.07 Å². The van der Waals surface area contributed by atoms with E-state index in [1.54, 1.807) is 6.92 Å². The van der Waals surface area contributed by atoms with Crippen LogP contribution in [0.25, 0.3) is 0 Å². The van der Waals surface area contributed by atoms with E-state index in [0.29, 0.717) is 5.56 Å². The fraction of sp³-hybridized carbons (Fsp3) is 0.250. The Kier molecular flexibility index (Phi) is 5.01. The summed E-state index contributed by atoms with van der Waals surface area (Å²) in [5, 5.41) is 21.5. The van der Waals surface area contributed by atoms with Gasteiger partial charge in [-0.3, -0.25) is 4.79 Å². The first kappa shape index (κ1) is 15.4. The quantitative estimate of drug-likeness (QED) is 0.648. The third kappa shape index (κ3) is 4.56. The number of rotatable bonds is 5. The third-order valence-electron chi connectivity index (χ3n) is 2.41. The van der Waals surface area contributed by atoms with Gasteiger partial charge in [0.1, 0.15) is 11.9 Å². The number of nitrogens with one attached hydrogen (secondary N) is 2. The van der Waals surface area contributed by atoms with Crippen molar-refractivity contribution in [1.82, 2.24) is 5.32 Å². The lowest BCUT2D eigenvalue weighted by molar-refractivity contribution is -0.145. The number of halogens is 1. The van der Waals surface area contributed by atoms with Gasteiger partial charge in [0.05, 0.1) is 6.42 Å². The van der Waals surface area contributed by atoms with Crippen LogP contribution in [0.4, 0.5) is 14.9 Å². The number of hydrogen-bond acceptors (Lipinski definition) is 3. The number of aliphatic carboxylic acids is 2. The Morgan fingerprint density at radius 2 is 1.95 bits per heavy atom. The second-order valence-corrected chi connectivity index (χ2v) is 4.05. The standard InChI is InChI=1S/C12H13FN2O5/c1-6-2-3-7(4-8(6)13)14-12(20)15-9(11(18)19)5-10(16)17/h2-4,9H,5H2,1H3,(H,16,17)(H,18,19)(H2,14,15,20)/t9-/m0/s1. The van der Waals surface area contributed by atoms with Crippen molar-refractivity contribution in [2.45, 2.75) is 19.4 Å². The highest BCUT2D eigenvalue weighted by Gasteiger charge is 2.23. The van der Waals surface area contributed by atoms with Gasteiger partial charge in [-0.1, -0.05) is 6.07 Å². The van der Waals surface area contributed by atoms with Crippen LogP contribution >= 0.6 is 0 Å². The number of carboxylic acid groups (broad SMARTS) is 2. The van der Waals surface area contributed by atoms with Crippen LogP contribution in [0, 0.1) is 12.7 Å². The Bertz CT molecular complexity index is 547. The smallest absolute Gasteiger partial charge is 0.326 e. The summed E-state index contributed by atoms with van der Waals surface area (Å²) in [6, 6.07) is 1.45. The Labute approximate surface area is 113 Å². The summed E-state index contributed by atoms with van der Waals surface area (Å²) < 4.78 is 13.2. The van der Waals surface area contributed by atoms with Gasteiger partial charge in [0.2, 0.25) is 0 Å². The molecule has 108 valence electrons. The normalized spacial score (nSPS) is 11.5. The molecule has 2 amide bonds. The van der Waals surface area contributed by atoms with E-state index in [9.17, 15) is 18.8 Å². The summed E-state index contributed by atoms with van der Waals surface area (Å²) in [6.45, 7) is 1.55. The van der Waals surface area contributed by atoms with Crippen molar-refractivity contribution in [2.75, 3.05) is 5.32 Å². The number of carbonyl (C=O) groups is 3. The number of carboxylic acids is 2. The molecule has 0 fully saturated rings. The molecule has 20 heavy (non-hydrogen) atoms. The highest BCUT2D eigenvalue weighted by Crippen LogP contribution is 2.13. The number of amides is 2. The van der Waals surface area contributed by atoms with Gasteiger partial charge >= 0.3 is 18.0 Å². The Morgan fingerprint density at radius 3 is 2.45 bits per heavy atom. The monoisotopic (exact) mass is 284 g/mol. The molecule has 1 aromatic carbocycles. The van der Waals surface area contributed by atoms with Crippen molar-refractivity contribution < 1.29 is 29.0 Å². The van der Waals surface area contributed by atoms with Crippen LogP contribution < -0.4 is 10.6 Å². The van der Waals surface area contributed by atoms with Crippen molar-refractivity contribution in [2.24, 2.45) is 0 Å². The van der Waals surface area contributed by atoms with Gasteiger partial charge in [-0.05, 0) is 24.6 Å². The summed E-state index contributed by atoms with van der Waals surface area (Å²) in [4.78, 5) is 32.7. The number of urea groups is 1. The van der Waals surface area contributed by atoms with E-state index >= 15 is 0 Å². The molecule has 0 aliphatic rings. The highest BCUT2D eigenvalue weighted by atomic mass is 19.1. The van der Waals surface area contributed by atoms with Crippen LogP contribution in [-0.4, -0.2) is 34.2 Å². The van der Waals surface area contributed by atoms with Gasteiger partial charge in [-0.15, -0.1) is 0 Å². The Hall–Kier alpha value is -2.64. The number of benzene rings is 1. The number of aryl methyl sites for hydroxylation is 1. The van der Waals surface area contributed by atoms with Gasteiger partial charge in [-0.2, -0.15) is 0 Å². The molecule has 0 aromatic heterocycles. The minimum atomic E-state index is -1.57. The lowest BCUT2D eigenvalue weighted by Crippen LogP contribution is -2.44. The second kappa shape index (κ2) is 6.50. The maximum atomic E-state index is 13.2. The first-order valence-electron chi connectivity index (χ1n) is 5.58. The summed E-state index contributed by atoms with van der Waals surface area (Å²) in [7, 11) is 0. The number of hydrogen-bond donors (Lipinski definition) is 4. The zero-order valence-corrected chi connectivity index (χ0v) is 10.5. The van der Waals surface area contributed by atoms with E-state index in [4.69, 9.17) is 10.2 Å². The lowest BCUT2D eigenvalue weighted by atomic mass is 10.2. The zero-order chi connectivity index (χ0) is 15.3. The lowest BCUT2D eigenvalue weighted by Gasteiger charge is -2.13. The largest absolute Gasteiger partial charge is 0.481 e. The van der Waals surface area contributed by atoms with E-state index in [1.807, 2.05) is 5.32 Å². The van der Waals surface area contributed by atoms with Crippen molar-refractivity contribution >= 4 is 23.7 Å². The average Bonchev–Trinajstić information content (AvgIpc) is 2.32. The number of carbonyl (C=O) groups excluding carboxylic acids is 1. The molecule has 0 aliphatic heterocycles. The van der Waals surface area contributed by atoms with Gasteiger partial charge in [0.15, 0.2) is 0 Å². The van der Waals surface area contributed by atoms with Crippen molar-refractivity contribution in [3.8, 4) is 0 Å². The average molecular weight is 284 g/mol. The molecule has 0 bridgehead atoms. The predicted molar refractivity (Wildman–Crippen MR) is 67.0 cm³/mol. The SMILES string of the molecule is Cc1ccc(NC(=O)N[C@@H](CC(=O)O)C(=O)O)cc1F. The van der Waals surface area contributed by atoms with Crippen LogP contribution in [0.1, 0.15) is 12.0 Å². The van der Waals surface area contributed by atoms with Crippen molar-refractivity contribution in [3.05, 3.63) is 29.6 Å². The summed E-state index contributed by atoms with van der Waals surface area (Å²) >= 11 is 0. The van der Waals surface area contributed by atoms with Crippen molar-refractivity contribution in [3.63, 3.8) is 0 Å². The highest BCUT2D eigenvalue weighted by molar-refractivity contribution is 5.93. The molecule has 0 spiro atoms. The first-order chi connectivity index (χ1) is 9.29. The Morgan fingerprint density at radius 1 is 1.30 bits per heavy atom. The molecule has 0 aliphatic carbocycles. The minimum Gasteiger partial charge on any atom is -0.481 e. The summed E-state index contributed by atoms with van der Waals surface area (Å²) in [5.74, 6) is -3.36. The van der Waals surface area contributed by atoms with E-state index in [2.05, 4.69) is 5.32 Å². The predicted octanol–water partition coefficient (Wildman–Crippen LogP) is 1.18. The van der Waals surface area contributed by atoms with Crippen molar-refractivity contribution in [1.29, 1.82) is 0 Å². The minimum absolute atomic E-state index is 0.130. The molecule has 0 radical (unpaired) electrons. The van der Waals surface area contributed by atoms with E-state index < -0.39 is 36.2 Å². The summed E-state index contributed by atoms with van der Waals surface area (Å²) in [5.41, 5.74) is 0.523. The van der Waals surface area contributed by atoms with Crippen LogP contribution in [0.3, 0.4) is 0 Å². The van der Waals surface area contributed by atoms with E-state index in [-0.39, 0.29) is 5.69 Å². The third-order valence-corrected chi connectivity index (χ3v) is 2.41. The second-order valence-electron chi connectivity index (χ2n) is 4.05. The molecule has 0 heterocycles. The maximum absolute atomic E-state index is 13.2. The fourth-order valence-corrected chi connectivity index (χ4v) is 1.37. The Balaban J connectivity index is 2.67. The maximum Gasteiger partial charge on any atom is 0.326 e. The molecule has 1 aromatic rings. The molecule has 0 unspecified atom stereocenters. The van der Waals surface area contributed by atoms with Crippen LogP contribution in [0.15, 0.2) is 18.2 Å². The molecule has 7 nitrogen and oxygen atoms in total. The van der Waals surface area contributed by atoms with Gasteiger partial charge in [0, 0.05) is 5.69 Å². The number of anilines is 1. The topological polar surface area (TPSA) is 116 Å². The molecule has 1 rings (SSSR count). The van der Waals surface area contributed by atoms with Gasteiger partial charge in [0.25, 0.3) is 0 Å². The van der Waals surface area contributed by atoms with Crippen LogP contribution in [-0.2, 0) is 9.59 Å².